The number of rotatable bonds is 5. The minimum absolute atomic E-state index is 0.0610. The van der Waals surface area contributed by atoms with Crippen LogP contribution in [-0.4, -0.2) is 30.1 Å². The van der Waals surface area contributed by atoms with E-state index >= 15 is 0 Å². The zero-order valence-electron chi connectivity index (χ0n) is 11.4. The van der Waals surface area contributed by atoms with E-state index in [-0.39, 0.29) is 23.0 Å². The average molecular weight is 313 g/mol. The maximum absolute atomic E-state index is 12.7. The fraction of sp³-hybridized carbons (Fsp3) is 0.308. The first-order valence-corrected chi connectivity index (χ1v) is 6.67. The van der Waals surface area contributed by atoms with Crippen molar-refractivity contribution in [3.05, 3.63) is 35.6 Å². The van der Waals surface area contributed by atoms with Gasteiger partial charge in [-0.25, -0.2) is 4.39 Å². The summed E-state index contributed by atoms with van der Waals surface area (Å²) in [5.74, 6) is -1.26. The van der Waals surface area contributed by atoms with E-state index in [1.54, 1.807) is 0 Å². The molecule has 0 atom stereocenters. The van der Waals surface area contributed by atoms with Crippen LogP contribution in [0.15, 0.2) is 24.3 Å². The van der Waals surface area contributed by atoms with Crippen LogP contribution < -0.4 is 16.2 Å². The van der Waals surface area contributed by atoms with Gasteiger partial charge in [0.1, 0.15) is 5.82 Å². The van der Waals surface area contributed by atoms with Crippen molar-refractivity contribution in [2.45, 2.75) is 13.3 Å². The van der Waals surface area contributed by atoms with Crippen molar-refractivity contribution >= 4 is 29.1 Å². The molecule has 114 valence electrons. The van der Waals surface area contributed by atoms with Crippen LogP contribution in [0.2, 0.25) is 0 Å². The summed E-state index contributed by atoms with van der Waals surface area (Å²) in [4.78, 5) is 23.1. The van der Waals surface area contributed by atoms with Crippen molar-refractivity contribution < 1.29 is 18.7 Å². The highest BCUT2D eigenvalue weighted by Crippen LogP contribution is 2.02. The number of hydrogen-bond donors (Lipinski definition) is 3. The third-order valence-electron chi connectivity index (χ3n) is 2.33. The lowest BCUT2D eigenvalue weighted by Crippen LogP contribution is -2.48. The van der Waals surface area contributed by atoms with E-state index in [9.17, 15) is 14.0 Å². The number of thiocarbonyl (C=S) groups is 1. The molecule has 1 aromatic carbocycles. The summed E-state index contributed by atoms with van der Waals surface area (Å²) >= 11 is 4.85. The lowest BCUT2D eigenvalue weighted by molar-refractivity contribution is -0.122. The van der Waals surface area contributed by atoms with Crippen LogP contribution in [0.25, 0.3) is 0 Å². The smallest absolute Gasteiger partial charge is 0.257 e. The molecule has 1 rings (SSSR count). The number of halogens is 1. The van der Waals surface area contributed by atoms with Crippen LogP contribution in [0.1, 0.15) is 23.7 Å². The van der Waals surface area contributed by atoms with Crippen LogP contribution in [0.5, 0.6) is 0 Å². The monoisotopic (exact) mass is 313 g/mol. The third kappa shape index (κ3) is 6.77. The Labute approximate surface area is 127 Å². The zero-order chi connectivity index (χ0) is 15.7. The first kappa shape index (κ1) is 17.0. The molecule has 0 aliphatic heterocycles. The maximum atomic E-state index is 12.7. The van der Waals surface area contributed by atoms with Crippen molar-refractivity contribution in [3.8, 4) is 0 Å². The summed E-state index contributed by atoms with van der Waals surface area (Å²) in [5, 5.41) is 2.29. The first-order chi connectivity index (χ1) is 10.0. The summed E-state index contributed by atoms with van der Waals surface area (Å²) in [6, 6.07) is 4.99. The van der Waals surface area contributed by atoms with Gasteiger partial charge in [-0.3, -0.25) is 25.8 Å². The minimum atomic E-state index is -0.504. The van der Waals surface area contributed by atoms with Crippen molar-refractivity contribution in [1.82, 2.24) is 16.2 Å². The van der Waals surface area contributed by atoms with Gasteiger partial charge >= 0.3 is 0 Å². The van der Waals surface area contributed by atoms with Gasteiger partial charge in [-0.1, -0.05) is 0 Å². The van der Waals surface area contributed by atoms with Crippen LogP contribution in [-0.2, 0) is 9.53 Å². The first-order valence-electron chi connectivity index (χ1n) is 6.26. The van der Waals surface area contributed by atoms with E-state index in [0.29, 0.717) is 13.2 Å². The normalized spacial score (nSPS) is 9.81. The fourth-order valence-electron chi connectivity index (χ4n) is 1.31. The van der Waals surface area contributed by atoms with Gasteiger partial charge < -0.3 is 4.74 Å². The van der Waals surface area contributed by atoms with Gasteiger partial charge in [0, 0.05) is 12.2 Å². The number of amides is 2. The van der Waals surface area contributed by atoms with Crippen molar-refractivity contribution in [2.75, 3.05) is 13.2 Å². The van der Waals surface area contributed by atoms with Gasteiger partial charge in [0.2, 0.25) is 5.91 Å². The quantitative estimate of drug-likeness (QED) is 0.427. The Morgan fingerprint density at radius 1 is 1.24 bits per heavy atom. The summed E-state index contributed by atoms with van der Waals surface area (Å²) in [6.45, 7) is 2.67. The molecule has 0 radical (unpaired) electrons. The van der Waals surface area contributed by atoms with Crippen LogP contribution >= 0.6 is 12.2 Å². The maximum Gasteiger partial charge on any atom is 0.257 e. The van der Waals surface area contributed by atoms with Crippen molar-refractivity contribution in [2.24, 2.45) is 0 Å². The Kier molecular flexibility index (Phi) is 7.27. The number of hydrazine groups is 1. The van der Waals surface area contributed by atoms with Gasteiger partial charge in [0.15, 0.2) is 5.11 Å². The number of carbonyl (C=O) groups excluding carboxylic acids is 2. The van der Waals surface area contributed by atoms with Gasteiger partial charge in [-0.05, 0) is 43.4 Å². The van der Waals surface area contributed by atoms with Gasteiger partial charge in [-0.2, -0.15) is 0 Å². The summed E-state index contributed by atoms with van der Waals surface area (Å²) in [6.07, 6.45) is 0.176. The highest BCUT2D eigenvalue weighted by Gasteiger charge is 2.08. The van der Waals surface area contributed by atoms with E-state index in [1.807, 2.05) is 6.92 Å². The van der Waals surface area contributed by atoms with Crippen LogP contribution in [0.3, 0.4) is 0 Å². The number of ether oxygens (including phenoxy) is 1. The lowest BCUT2D eigenvalue weighted by atomic mass is 10.2. The SMILES string of the molecule is CCOCCC(=O)NNC(=S)NC(=O)c1ccc(F)cc1. The number of benzene rings is 1. The second kappa shape index (κ2) is 8.98. The molecule has 2 amide bonds. The molecule has 0 fully saturated rings. The van der Waals surface area contributed by atoms with Crippen LogP contribution in [0, 0.1) is 5.82 Å². The second-order valence-electron chi connectivity index (χ2n) is 3.91. The molecule has 0 heterocycles. The van der Waals surface area contributed by atoms with E-state index in [1.165, 1.54) is 24.3 Å². The molecule has 3 N–H and O–H groups in total. The Bertz CT molecular complexity index is 508. The molecular weight excluding hydrogens is 297 g/mol. The molecular formula is C13H16FN3O3S. The minimum Gasteiger partial charge on any atom is -0.381 e. The summed E-state index contributed by atoms with van der Waals surface area (Å²) in [5.41, 5.74) is 4.97. The van der Waals surface area contributed by atoms with Crippen LogP contribution in [0.4, 0.5) is 4.39 Å². The molecule has 0 bridgehead atoms. The largest absolute Gasteiger partial charge is 0.381 e. The molecule has 6 nitrogen and oxygen atoms in total. The number of carbonyl (C=O) groups is 2. The Balaban J connectivity index is 2.31. The molecule has 21 heavy (non-hydrogen) atoms. The molecule has 8 heteroatoms. The average Bonchev–Trinajstić information content (AvgIpc) is 2.46. The molecule has 0 aliphatic carbocycles. The molecule has 0 aliphatic rings. The molecule has 0 spiro atoms. The molecule has 0 unspecified atom stereocenters. The van der Waals surface area contributed by atoms with E-state index in [0.717, 1.165) is 0 Å². The zero-order valence-corrected chi connectivity index (χ0v) is 12.3. The van der Waals surface area contributed by atoms with Crippen molar-refractivity contribution in [1.29, 1.82) is 0 Å². The summed E-state index contributed by atoms with van der Waals surface area (Å²) in [7, 11) is 0. The van der Waals surface area contributed by atoms with E-state index < -0.39 is 11.7 Å². The number of nitrogens with one attached hydrogen (secondary N) is 3. The highest BCUT2D eigenvalue weighted by atomic mass is 32.1. The fourth-order valence-corrected chi connectivity index (χ4v) is 1.45. The Hall–Kier alpha value is -2.06. The second-order valence-corrected chi connectivity index (χ2v) is 4.32. The number of hydrogen-bond acceptors (Lipinski definition) is 4. The molecule has 0 aromatic heterocycles. The predicted molar refractivity (Wildman–Crippen MR) is 78.9 cm³/mol. The van der Waals surface area contributed by atoms with E-state index in [2.05, 4.69) is 16.2 Å². The molecule has 0 saturated heterocycles. The topological polar surface area (TPSA) is 79.5 Å². The highest BCUT2D eigenvalue weighted by molar-refractivity contribution is 7.80. The Morgan fingerprint density at radius 3 is 2.52 bits per heavy atom. The van der Waals surface area contributed by atoms with Gasteiger partial charge in [-0.15, -0.1) is 0 Å². The summed E-state index contributed by atoms with van der Waals surface area (Å²) < 4.78 is 17.7. The third-order valence-corrected chi connectivity index (χ3v) is 2.53. The van der Waals surface area contributed by atoms with E-state index in [4.69, 9.17) is 17.0 Å². The standard InChI is InChI=1S/C13H16FN3O3S/c1-2-20-8-7-11(18)16-17-13(21)15-12(19)9-3-5-10(14)6-4-9/h3-6H,2,7-8H2,1H3,(H,16,18)(H2,15,17,19,21). The van der Waals surface area contributed by atoms with Gasteiger partial charge in [0.25, 0.3) is 5.91 Å². The van der Waals surface area contributed by atoms with Crippen molar-refractivity contribution in [3.63, 3.8) is 0 Å². The molecule has 1 aromatic rings. The predicted octanol–water partition coefficient (Wildman–Crippen LogP) is 0.888. The lowest BCUT2D eigenvalue weighted by Gasteiger charge is -2.10. The molecule has 0 saturated carbocycles. The van der Waals surface area contributed by atoms with Gasteiger partial charge in [0.05, 0.1) is 13.0 Å². The Morgan fingerprint density at radius 2 is 1.90 bits per heavy atom.